The third-order valence-electron chi connectivity index (χ3n) is 5.43. The van der Waals surface area contributed by atoms with Gasteiger partial charge in [0.15, 0.2) is 23.1 Å². The van der Waals surface area contributed by atoms with Crippen LogP contribution in [0.15, 0.2) is 41.2 Å². The molecule has 174 valence electrons. The van der Waals surface area contributed by atoms with E-state index in [4.69, 9.17) is 4.98 Å². The van der Waals surface area contributed by atoms with Gasteiger partial charge in [-0.15, -0.1) is 11.3 Å². The van der Waals surface area contributed by atoms with E-state index < -0.39 is 34.7 Å². The maximum absolute atomic E-state index is 14.0. The number of rotatable bonds is 5. The van der Waals surface area contributed by atoms with Crippen LogP contribution in [-0.2, 0) is 0 Å². The number of carbonyl (C=O) groups excluding carboxylic acids is 1. The molecule has 34 heavy (non-hydrogen) atoms. The van der Waals surface area contributed by atoms with Crippen LogP contribution in [0.2, 0.25) is 0 Å². The maximum atomic E-state index is 14.0. The zero-order chi connectivity index (χ0) is 24.1. The Balaban J connectivity index is 1.59. The van der Waals surface area contributed by atoms with Gasteiger partial charge in [0.2, 0.25) is 0 Å². The predicted molar refractivity (Wildman–Crippen MR) is 124 cm³/mol. The van der Waals surface area contributed by atoms with Gasteiger partial charge in [0.05, 0.1) is 10.7 Å². The van der Waals surface area contributed by atoms with Crippen molar-refractivity contribution in [2.24, 2.45) is 0 Å². The summed E-state index contributed by atoms with van der Waals surface area (Å²) in [5, 5.41) is 2.99. The summed E-state index contributed by atoms with van der Waals surface area (Å²) in [7, 11) is 3.58. The fourth-order valence-electron chi connectivity index (χ4n) is 3.56. The van der Waals surface area contributed by atoms with Crippen LogP contribution in [0.4, 0.5) is 24.7 Å². The van der Waals surface area contributed by atoms with E-state index in [0.717, 1.165) is 28.6 Å². The summed E-state index contributed by atoms with van der Waals surface area (Å²) in [4.78, 5) is 36.4. The van der Waals surface area contributed by atoms with Crippen molar-refractivity contribution in [3.8, 4) is 5.69 Å². The fraction of sp³-hybridized carbons (Fsp3) is 0.217. The van der Waals surface area contributed by atoms with Crippen LogP contribution in [0.5, 0.6) is 0 Å². The molecule has 1 amide bonds. The largest absolute Gasteiger partial charge is 0.361 e. The molecule has 1 aliphatic carbocycles. The number of aromatic nitrogens is 3. The Hall–Kier alpha value is -3.73. The molecule has 1 aliphatic rings. The Morgan fingerprint density at radius 1 is 1.12 bits per heavy atom. The molecule has 5 rings (SSSR count). The number of thiazole rings is 1. The number of amides is 1. The van der Waals surface area contributed by atoms with E-state index in [2.05, 4.69) is 10.3 Å². The molecule has 0 bridgehead atoms. The van der Waals surface area contributed by atoms with Gasteiger partial charge in [0, 0.05) is 25.6 Å². The minimum atomic E-state index is -1.50. The fourth-order valence-corrected chi connectivity index (χ4v) is 4.85. The topological polar surface area (TPSA) is 80.1 Å². The number of carbonyl (C=O) groups is 1. The second kappa shape index (κ2) is 8.24. The third-order valence-corrected chi connectivity index (χ3v) is 6.64. The molecule has 11 heteroatoms. The highest BCUT2D eigenvalue weighted by molar-refractivity contribution is 7.19. The number of hydrogen-bond acceptors (Lipinski definition) is 6. The van der Waals surface area contributed by atoms with E-state index in [1.165, 1.54) is 34.1 Å². The first-order valence-electron chi connectivity index (χ1n) is 10.4. The van der Waals surface area contributed by atoms with Gasteiger partial charge in [0.25, 0.3) is 5.91 Å². The van der Waals surface area contributed by atoms with Crippen molar-refractivity contribution in [3.05, 3.63) is 74.9 Å². The lowest BCUT2D eigenvalue weighted by Gasteiger charge is -2.14. The van der Waals surface area contributed by atoms with E-state index in [1.807, 2.05) is 0 Å². The first kappa shape index (κ1) is 22.1. The summed E-state index contributed by atoms with van der Waals surface area (Å²) in [6.45, 7) is 0. The van der Waals surface area contributed by atoms with Gasteiger partial charge in [-0.1, -0.05) is 6.07 Å². The van der Waals surface area contributed by atoms with Crippen LogP contribution in [0, 0.1) is 17.5 Å². The van der Waals surface area contributed by atoms with Gasteiger partial charge >= 0.3 is 5.69 Å². The van der Waals surface area contributed by atoms with Gasteiger partial charge in [0.1, 0.15) is 16.2 Å². The van der Waals surface area contributed by atoms with Gasteiger partial charge in [-0.2, -0.15) is 4.98 Å². The molecule has 2 aromatic carbocycles. The number of nitrogens with one attached hydrogen (secondary N) is 1. The Morgan fingerprint density at radius 3 is 2.56 bits per heavy atom. The summed E-state index contributed by atoms with van der Waals surface area (Å²) < 4.78 is 43.5. The average Bonchev–Trinajstić information content (AvgIpc) is 3.57. The van der Waals surface area contributed by atoms with Crippen molar-refractivity contribution < 1.29 is 18.0 Å². The van der Waals surface area contributed by atoms with E-state index in [9.17, 15) is 22.8 Å². The predicted octanol–water partition coefficient (Wildman–Crippen LogP) is 4.46. The Morgan fingerprint density at radius 2 is 1.85 bits per heavy atom. The van der Waals surface area contributed by atoms with Gasteiger partial charge < -0.3 is 10.2 Å². The number of nitrogens with zero attached hydrogens (tertiary/aromatic N) is 4. The highest BCUT2D eigenvalue weighted by Crippen LogP contribution is 2.44. The lowest BCUT2D eigenvalue weighted by Crippen LogP contribution is -2.26. The smallest absolute Gasteiger partial charge is 0.355 e. The maximum Gasteiger partial charge on any atom is 0.355 e. The van der Waals surface area contributed by atoms with Gasteiger partial charge in [-0.25, -0.2) is 27.5 Å². The monoisotopic (exact) mass is 485 g/mol. The molecule has 4 aromatic rings. The zero-order valence-electron chi connectivity index (χ0n) is 18.1. The van der Waals surface area contributed by atoms with Crippen molar-refractivity contribution in [1.29, 1.82) is 0 Å². The number of hydrogen-bond donors (Lipinski definition) is 1. The van der Waals surface area contributed by atoms with Crippen molar-refractivity contribution in [2.45, 2.75) is 18.8 Å². The molecule has 2 aromatic heterocycles. The van der Waals surface area contributed by atoms with E-state index >= 15 is 0 Å². The lowest BCUT2D eigenvalue weighted by molar-refractivity contribution is 0.102. The summed E-state index contributed by atoms with van der Waals surface area (Å²) in [6, 6.07) is 7.28. The third kappa shape index (κ3) is 3.81. The van der Waals surface area contributed by atoms with Crippen LogP contribution < -0.4 is 15.9 Å². The highest BCUT2D eigenvalue weighted by Gasteiger charge is 2.29. The highest BCUT2D eigenvalue weighted by atomic mass is 32.1. The Labute approximate surface area is 195 Å². The van der Waals surface area contributed by atoms with E-state index in [-0.39, 0.29) is 5.56 Å². The summed E-state index contributed by atoms with van der Waals surface area (Å²) >= 11 is 1.48. The normalized spacial score (nSPS) is 13.3. The van der Waals surface area contributed by atoms with Crippen LogP contribution in [0.3, 0.4) is 0 Å². The summed E-state index contributed by atoms with van der Waals surface area (Å²) in [6.07, 6.45) is 2.08. The number of fused-ring (bicyclic) bond motifs is 1. The summed E-state index contributed by atoms with van der Waals surface area (Å²) in [5.41, 5.74) is -0.720. The molecule has 1 N–H and O–H groups in total. The first-order valence-corrected chi connectivity index (χ1v) is 11.2. The van der Waals surface area contributed by atoms with E-state index in [0.29, 0.717) is 29.1 Å². The molecule has 0 aliphatic heterocycles. The Bertz CT molecular complexity index is 1510. The average molecular weight is 485 g/mol. The molecule has 1 saturated carbocycles. The van der Waals surface area contributed by atoms with Crippen LogP contribution in [0.1, 0.15) is 34.1 Å². The van der Waals surface area contributed by atoms with Crippen LogP contribution in [-0.4, -0.2) is 34.5 Å². The van der Waals surface area contributed by atoms with Crippen molar-refractivity contribution >= 4 is 39.1 Å². The van der Waals surface area contributed by atoms with Crippen LogP contribution in [0.25, 0.3) is 16.0 Å². The zero-order valence-corrected chi connectivity index (χ0v) is 18.9. The summed E-state index contributed by atoms with van der Waals surface area (Å²) in [5.74, 6) is -3.90. The number of halogens is 3. The Kier molecular flexibility index (Phi) is 5.35. The van der Waals surface area contributed by atoms with Crippen molar-refractivity contribution in [2.75, 3.05) is 24.3 Å². The molecule has 0 saturated heterocycles. The molecule has 2 heterocycles. The van der Waals surface area contributed by atoms with Crippen molar-refractivity contribution in [3.63, 3.8) is 0 Å². The molecule has 7 nitrogen and oxygen atoms in total. The molecular formula is C23H18F3N5O2S. The quantitative estimate of drug-likeness (QED) is 0.423. The van der Waals surface area contributed by atoms with E-state index in [1.54, 1.807) is 25.1 Å². The van der Waals surface area contributed by atoms with Gasteiger partial charge in [-0.05, 0) is 43.2 Å². The SMILES string of the molecule is CN(C)c1nc(=O)n(-c2cccc(C(=O)Nc3c(F)ccc(F)c3F)c2)c2nc(C3CC3)sc12. The minimum Gasteiger partial charge on any atom is -0.361 e. The first-order chi connectivity index (χ1) is 16.2. The standard InChI is InChI=1S/C23H18F3N5O2S/c1-30(2)19-18-20(28-22(34-18)11-6-7-11)31(23(33)29-19)13-5-3-4-12(10-13)21(32)27-17-15(25)9-8-14(24)16(17)26/h3-5,8-11H,6-7H2,1-2H3,(H,27,32). The molecule has 0 atom stereocenters. The van der Waals surface area contributed by atoms with Crippen LogP contribution >= 0.6 is 11.3 Å². The van der Waals surface area contributed by atoms with Gasteiger partial charge in [-0.3, -0.25) is 4.79 Å². The molecule has 0 unspecified atom stereocenters. The minimum absolute atomic E-state index is 0.00921. The lowest BCUT2D eigenvalue weighted by atomic mass is 10.1. The van der Waals surface area contributed by atoms with Crippen molar-refractivity contribution in [1.82, 2.24) is 14.5 Å². The second-order valence-electron chi connectivity index (χ2n) is 8.15. The molecule has 1 fully saturated rings. The number of benzene rings is 2. The molecular weight excluding hydrogens is 467 g/mol. The second-order valence-corrected chi connectivity index (χ2v) is 9.18. The molecule has 0 radical (unpaired) electrons. The molecule has 0 spiro atoms. The number of anilines is 2.